The Morgan fingerprint density at radius 2 is 1.81 bits per heavy atom. The van der Waals surface area contributed by atoms with E-state index in [1.54, 1.807) is 9.36 Å². The molecular formula is C16H15N3O2. The minimum Gasteiger partial charge on any atom is -0.245 e. The van der Waals surface area contributed by atoms with Gasteiger partial charge in [-0.3, -0.25) is 0 Å². The SMILES string of the molecule is C[C@@]12[C@H]3[C@H]4[C@@H](C[C@H]31)n1c(=O)n(-c3ccccc3)c(=O)n1[C@@H]42. The molecule has 0 N–H and O–H groups in total. The van der Waals surface area contributed by atoms with Crippen LogP contribution in [0.1, 0.15) is 25.4 Å². The first-order valence-corrected chi connectivity index (χ1v) is 7.67. The molecule has 1 aliphatic heterocycles. The Hall–Kier alpha value is -2.04. The van der Waals surface area contributed by atoms with Gasteiger partial charge in [-0.2, -0.15) is 0 Å². The monoisotopic (exact) mass is 281 g/mol. The molecule has 3 fully saturated rings. The van der Waals surface area contributed by atoms with Crippen molar-refractivity contribution in [3.8, 4) is 5.69 Å². The molecule has 3 saturated carbocycles. The van der Waals surface area contributed by atoms with E-state index in [-0.39, 0.29) is 23.5 Å². The van der Waals surface area contributed by atoms with Crippen molar-refractivity contribution in [1.29, 1.82) is 0 Å². The standard InChI is InChI=1S/C16H15N3O2/c1-16-9-7-10-11(12(9)16)13(16)19-15(21)17(14(20)18(10)19)8-5-3-2-4-6-8/h2-6,9-13H,7H2,1H3/t9-,10-,11-,12-,13+,16+/m1/s1. The average Bonchev–Trinajstić information content (AvgIpc) is 2.79. The second-order valence-electron chi connectivity index (χ2n) is 7.25. The molecule has 0 bridgehead atoms. The van der Waals surface area contributed by atoms with Crippen LogP contribution in [0.25, 0.3) is 5.69 Å². The summed E-state index contributed by atoms with van der Waals surface area (Å²) in [6, 6.07) is 9.78. The lowest BCUT2D eigenvalue weighted by Gasteiger charge is -2.39. The molecule has 6 rings (SSSR count). The van der Waals surface area contributed by atoms with E-state index in [2.05, 4.69) is 6.92 Å². The second kappa shape index (κ2) is 2.80. The molecule has 0 spiro atoms. The van der Waals surface area contributed by atoms with Gasteiger partial charge < -0.3 is 0 Å². The topological polar surface area (TPSA) is 48.9 Å². The summed E-state index contributed by atoms with van der Waals surface area (Å²) in [5.74, 6) is 2.06. The highest BCUT2D eigenvalue weighted by atomic mass is 16.2. The van der Waals surface area contributed by atoms with E-state index in [1.165, 1.54) is 4.57 Å². The van der Waals surface area contributed by atoms with Gasteiger partial charge >= 0.3 is 11.4 Å². The first kappa shape index (κ1) is 10.7. The maximum absolute atomic E-state index is 12.8. The maximum atomic E-state index is 12.8. The predicted octanol–water partition coefficient (Wildman–Crippen LogP) is 1.18. The smallest absolute Gasteiger partial charge is 0.245 e. The molecular weight excluding hydrogens is 266 g/mol. The summed E-state index contributed by atoms with van der Waals surface area (Å²) < 4.78 is 4.90. The number of hydrogen-bond donors (Lipinski definition) is 0. The number of nitrogens with zero attached hydrogens (tertiary/aromatic N) is 3. The Labute approximate surface area is 120 Å². The quantitative estimate of drug-likeness (QED) is 0.788. The summed E-state index contributed by atoms with van der Waals surface area (Å²) in [6.07, 6.45) is 1.08. The van der Waals surface area contributed by atoms with Crippen LogP contribution in [0.4, 0.5) is 0 Å². The highest BCUT2D eigenvalue weighted by molar-refractivity contribution is 5.36. The van der Waals surface area contributed by atoms with E-state index in [0.717, 1.165) is 18.3 Å². The number of hydrogen-bond acceptors (Lipinski definition) is 2. The van der Waals surface area contributed by atoms with Crippen LogP contribution in [0.3, 0.4) is 0 Å². The lowest BCUT2D eigenvalue weighted by Crippen LogP contribution is -2.42. The maximum Gasteiger partial charge on any atom is 0.352 e. The molecule has 21 heavy (non-hydrogen) atoms. The summed E-state index contributed by atoms with van der Waals surface area (Å²) in [4.78, 5) is 25.7. The fourth-order valence-electron chi connectivity index (χ4n) is 6.03. The van der Waals surface area contributed by atoms with Crippen molar-refractivity contribution in [2.75, 3.05) is 0 Å². The average molecular weight is 281 g/mol. The van der Waals surface area contributed by atoms with E-state index >= 15 is 0 Å². The first-order valence-electron chi connectivity index (χ1n) is 7.67. The lowest BCUT2D eigenvalue weighted by atomic mass is 9.66. The molecule has 5 nitrogen and oxygen atoms in total. The van der Waals surface area contributed by atoms with Crippen LogP contribution >= 0.6 is 0 Å². The molecule has 1 aromatic heterocycles. The van der Waals surface area contributed by atoms with Crippen molar-refractivity contribution in [3.05, 3.63) is 51.3 Å². The summed E-state index contributed by atoms with van der Waals surface area (Å²) in [6.45, 7) is 2.30. The summed E-state index contributed by atoms with van der Waals surface area (Å²) in [7, 11) is 0. The van der Waals surface area contributed by atoms with Gasteiger partial charge in [0.2, 0.25) is 0 Å². The van der Waals surface area contributed by atoms with Crippen molar-refractivity contribution in [1.82, 2.24) is 13.9 Å². The van der Waals surface area contributed by atoms with E-state index in [1.807, 2.05) is 30.3 Å². The number of benzene rings is 1. The molecule has 2 aromatic rings. The molecule has 0 unspecified atom stereocenters. The Bertz CT molecular complexity index is 915. The molecule has 106 valence electrons. The summed E-state index contributed by atoms with van der Waals surface area (Å²) in [5, 5.41) is 0. The predicted molar refractivity (Wildman–Crippen MR) is 75.6 cm³/mol. The van der Waals surface area contributed by atoms with Crippen molar-refractivity contribution >= 4 is 0 Å². The molecule has 4 aliphatic rings. The van der Waals surface area contributed by atoms with Crippen LogP contribution in [0, 0.1) is 23.2 Å². The molecule has 3 aliphatic carbocycles. The Morgan fingerprint density at radius 3 is 2.52 bits per heavy atom. The highest BCUT2D eigenvalue weighted by Gasteiger charge is 2.87. The minimum absolute atomic E-state index is 0.157. The van der Waals surface area contributed by atoms with E-state index in [9.17, 15) is 9.59 Å². The zero-order valence-electron chi connectivity index (χ0n) is 11.6. The van der Waals surface area contributed by atoms with Gasteiger partial charge in [-0.25, -0.2) is 23.5 Å². The van der Waals surface area contributed by atoms with Gasteiger partial charge in [0, 0.05) is 5.92 Å². The van der Waals surface area contributed by atoms with Crippen molar-refractivity contribution in [3.63, 3.8) is 0 Å². The normalized spacial score (nSPS) is 43.4. The fraction of sp³-hybridized carbons (Fsp3) is 0.500. The third kappa shape index (κ3) is 0.836. The van der Waals surface area contributed by atoms with Crippen molar-refractivity contribution in [2.45, 2.75) is 25.4 Å². The van der Waals surface area contributed by atoms with Crippen molar-refractivity contribution < 1.29 is 0 Å². The summed E-state index contributed by atoms with van der Waals surface area (Å²) >= 11 is 0. The molecule has 0 saturated heterocycles. The molecule has 0 radical (unpaired) electrons. The van der Waals surface area contributed by atoms with Crippen LogP contribution < -0.4 is 11.4 Å². The fourth-order valence-corrected chi connectivity index (χ4v) is 6.03. The number of aromatic nitrogens is 3. The van der Waals surface area contributed by atoms with Crippen LogP contribution in [0.5, 0.6) is 0 Å². The van der Waals surface area contributed by atoms with Crippen LogP contribution in [0.15, 0.2) is 39.9 Å². The van der Waals surface area contributed by atoms with E-state index in [4.69, 9.17) is 0 Å². The van der Waals surface area contributed by atoms with Crippen LogP contribution in [-0.2, 0) is 0 Å². The van der Waals surface area contributed by atoms with Gasteiger partial charge in [0.15, 0.2) is 0 Å². The van der Waals surface area contributed by atoms with Gasteiger partial charge in [0.25, 0.3) is 0 Å². The van der Waals surface area contributed by atoms with E-state index < -0.39 is 0 Å². The Morgan fingerprint density at radius 1 is 1.10 bits per heavy atom. The summed E-state index contributed by atoms with van der Waals surface area (Å²) in [5.41, 5.74) is 0.648. The zero-order valence-corrected chi connectivity index (χ0v) is 11.6. The van der Waals surface area contributed by atoms with Gasteiger partial charge in [-0.05, 0) is 35.8 Å². The van der Waals surface area contributed by atoms with Gasteiger partial charge in [-0.1, -0.05) is 25.1 Å². The number of fused-ring (bicyclic) bond motifs is 5. The van der Waals surface area contributed by atoms with Crippen LogP contribution in [-0.4, -0.2) is 13.9 Å². The molecule has 2 heterocycles. The zero-order chi connectivity index (χ0) is 14.1. The number of rotatable bonds is 1. The third-order valence-electron chi connectivity index (χ3n) is 6.80. The van der Waals surface area contributed by atoms with Crippen LogP contribution in [0.2, 0.25) is 0 Å². The molecule has 6 atom stereocenters. The third-order valence-corrected chi connectivity index (χ3v) is 6.80. The van der Waals surface area contributed by atoms with Gasteiger partial charge in [-0.15, -0.1) is 0 Å². The number of para-hydroxylation sites is 1. The highest BCUT2D eigenvalue weighted by Crippen LogP contribution is 2.89. The molecule has 1 aromatic carbocycles. The van der Waals surface area contributed by atoms with Gasteiger partial charge in [0.1, 0.15) is 0 Å². The van der Waals surface area contributed by atoms with Gasteiger partial charge in [0.05, 0.1) is 17.8 Å². The largest absolute Gasteiger partial charge is 0.352 e. The van der Waals surface area contributed by atoms with E-state index in [0.29, 0.717) is 17.0 Å². The Kier molecular flexibility index (Phi) is 1.42. The first-order chi connectivity index (χ1) is 10.2. The van der Waals surface area contributed by atoms with Crippen molar-refractivity contribution in [2.24, 2.45) is 23.2 Å². The lowest BCUT2D eigenvalue weighted by molar-refractivity contribution is 0.0768. The molecule has 0 amide bonds. The molecule has 5 heteroatoms. The minimum atomic E-state index is -0.158. The second-order valence-corrected chi connectivity index (χ2v) is 7.25. The Balaban J connectivity index is 1.66.